The van der Waals surface area contributed by atoms with Gasteiger partial charge in [0.15, 0.2) is 0 Å². The maximum atomic E-state index is 12.8. The molecule has 1 heterocycles. The minimum Gasteiger partial charge on any atom is -0.358 e. The summed E-state index contributed by atoms with van der Waals surface area (Å²) in [5, 5.41) is 15.8. The van der Waals surface area contributed by atoms with Crippen molar-refractivity contribution < 1.29 is 17.5 Å². The first-order valence-corrected chi connectivity index (χ1v) is 10.7. The van der Waals surface area contributed by atoms with Crippen LogP contribution in [0.15, 0.2) is 89.8 Å². The molecule has 0 aliphatic carbocycles. The molecule has 31 heavy (non-hydrogen) atoms. The number of hydrogen-bond acceptors (Lipinski definition) is 6. The molecule has 0 aliphatic heterocycles. The van der Waals surface area contributed by atoms with Crippen LogP contribution in [-0.4, -0.2) is 23.1 Å². The van der Waals surface area contributed by atoms with Crippen LogP contribution in [0.5, 0.6) is 5.88 Å². The molecule has 156 valence electrons. The van der Waals surface area contributed by atoms with Gasteiger partial charge >= 0.3 is 10.1 Å². The first kappa shape index (κ1) is 20.6. The summed E-state index contributed by atoms with van der Waals surface area (Å²) in [5.41, 5.74) is 1.59. The summed E-state index contributed by atoms with van der Waals surface area (Å²) in [6.45, 7) is 0. The average Bonchev–Trinajstić information content (AvgIpc) is 3.18. The summed E-state index contributed by atoms with van der Waals surface area (Å²) in [6.07, 6.45) is 0. The molecule has 4 aromatic rings. The monoisotopic (exact) mass is 455 g/mol. The number of non-ortho nitro benzene ring substituents is 1. The average molecular weight is 456 g/mol. The van der Waals surface area contributed by atoms with Crippen LogP contribution >= 0.6 is 11.6 Å². The van der Waals surface area contributed by atoms with Crippen LogP contribution < -0.4 is 4.18 Å². The van der Waals surface area contributed by atoms with E-state index in [0.717, 1.165) is 29.8 Å². The van der Waals surface area contributed by atoms with E-state index in [1.807, 2.05) is 30.3 Å². The lowest BCUT2D eigenvalue weighted by molar-refractivity contribution is -0.384. The van der Waals surface area contributed by atoms with Gasteiger partial charge in [-0.1, -0.05) is 41.9 Å². The van der Waals surface area contributed by atoms with Crippen molar-refractivity contribution in [3.05, 3.63) is 100 Å². The van der Waals surface area contributed by atoms with Crippen LogP contribution in [-0.2, 0) is 10.1 Å². The van der Waals surface area contributed by atoms with E-state index < -0.39 is 15.0 Å². The fraction of sp³-hybridized carbons (Fsp3) is 0. The minimum absolute atomic E-state index is 0.0421. The fourth-order valence-electron chi connectivity index (χ4n) is 2.84. The molecule has 0 saturated carbocycles. The van der Waals surface area contributed by atoms with Crippen molar-refractivity contribution in [2.75, 3.05) is 0 Å². The number of hydrogen-bond donors (Lipinski definition) is 0. The molecule has 1 aromatic heterocycles. The molecule has 0 aliphatic rings. The highest BCUT2D eigenvalue weighted by Crippen LogP contribution is 2.29. The molecule has 0 bridgehead atoms. The van der Waals surface area contributed by atoms with E-state index in [1.54, 1.807) is 24.3 Å². The molecular formula is C21H14ClN3O5S. The van der Waals surface area contributed by atoms with Crippen molar-refractivity contribution >= 4 is 27.4 Å². The second-order valence-corrected chi connectivity index (χ2v) is 8.39. The van der Waals surface area contributed by atoms with E-state index in [0.29, 0.717) is 16.4 Å². The molecule has 0 saturated heterocycles. The summed E-state index contributed by atoms with van der Waals surface area (Å²) >= 11 is 5.96. The normalized spacial score (nSPS) is 11.3. The summed E-state index contributed by atoms with van der Waals surface area (Å²) in [6, 6.07) is 21.8. The summed E-state index contributed by atoms with van der Waals surface area (Å²) < 4.78 is 32.3. The van der Waals surface area contributed by atoms with Gasteiger partial charge in [0.1, 0.15) is 4.90 Å². The fourth-order valence-corrected chi connectivity index (χ4v) is 3.87. The number of nitro benzene ring substituents is 1. The highest BCUT2D eigenvalue weighted by Gasteiger charge is 2.22. The van der Waals surface area contributed by atoms with E-state index in [-0.39, 0.29) is 16.5 Å². The molecule has 0 radical (unpaired) electrons. The second kappa shape index (κ2) is 8.21. The molecule has 4 rings (SSSR count). The highest BCUT2D eigenvalue weighted by molar-refractivity contribution is 7.87. The Kier molecular flexibility index (Phi) is 5.45. The molecule has 0 atom stereocenters. The molecule has 0 spiro atoms. The van der Waals surface area contributed by atoms with Crippen molar-refractivity contribution in [2.45, 2.75) is 4.90 Å². The Hall–Kier alpha value is -3.69. The van der Waals surface area contributed by atoms with Gasteiger partial charge in [-0.3, -0.25) is 10.1 Å². The quantitative estimate of drug-likeness (QED) is 0.233. The number of halogens is 1. The zero-order valence-corrected chi connectivity index (χ0v) is 17.3. The first-order chi connectivity index (χ1) is 14.8. The van der Waals surface area contributed by atoms with Crippen LogP contribution in [0.1, 0.15) is 0 Å². The van der Waals surface area contributed by atoms with Crippen LogP contribution in [0.2, 0.25) is 5.02 Å². The predicted molar refractivity (Wildman–Crippen MR) is 115 cm³/mol. The molecule has 8 nitrogen and oxygen atoms in total. The maximum absolute atomic E-state index is 12.8. The van der Waals surface area contributed by atoms with Crippen molar-refractivity contribution in [1.29, 1.82) is 0 Å². The third-order valence-corrected chi connectivity index (χ3v) is 5.84. The van der Waals surface area contributed by atoms with Crippen LogP contribution in [0.25, 0.3) is 16.9 Å². The third kappa shape index (κ3) is 4.42. The smallest absolute Gasteiger partial charge is 0.340 e. The lowest BCUT2D eigenvalue weighted by atomic mass is 10.2. The topological polar surface area (TPSA) is 104 Å². The van der Waals surface area contributed by atoms with Gasteiger partial charge in [0.05, 0.1) is 16.3 Å². The van der Waals surface area contributed by atoms with Gasteiger partial charge in [0.2, 0.25) is 5.88 Å². The second-order valence-electron chi connectivity index (χ2n) is 6.41. The first-order valence-electron chi connectivity index (χ1n) is 8.94. The summed E-state index contributed by atoms with van der Waals surface area (Å²) in [4.78, 5) is 9.99. The molecule has 0 N–H and O–H groups in total. The Bertz CT molecular complexity index is 1340. The number of aromatic nitrogens is 2. The Morgan fingerprint density at radius 3 is 2.19 bits per heavy atom. The van der Waals surface area contributed by atoms with Gasteiger partial charge in [-0.05, 0) is 36.4 Å². The Morgan fingerprint density at radius 2 is 1.58 bits per heavy atom. The SMILES string of the molecule is O=[N+]([O-])c1ccc(S(=O)(=O)Oc2cc(-c3ccccc3)nn2-c2ccc(Cl)cc2)cc1. The predicted octanol–water partition coefficient (Wildman–Crippen LogP) is 4.87. The Morgan fingerprint density at radius 1 is 0.935 bits per heavy atom. The minimum atomic E-state index is -4.27. The van der Waals surface area contributed by atoms with Gasteiger partial charge in [0.25, 0.3) is 5.69 Å². The van der Waals surface area contributed by atoms with Gasteiger partial charge in [0, 0.05) is 28.8 Å². The van der Waals surface area contributed by atoms with Gasteiger partial charge in [-0.25, -0.2) is 0 Å². The standard InChI is InChI=1S/C21H14ClN3O5S/c22-16-6-8-17(9-7-16)24-21(14-20(23-24)15-4-2-1-3-5-15)30-31(28,29)19-12-10-18(11-13-19)25(26)27/h1-14H. The van der Waals surface area contributed by atoms with Crippen molar-refractivity contribution in [2.24, 2.45) is 0 Å². The highest BCUT2D eigenvalue weighted by atomic mass is 35.5. The number of nitrogens with zero attached hydrogens (tertiary/aromatic N) is 3. The maximum Gasteiger partial charge on any atom is 0.340 e. The molecule has 0 amide bonds. The molecular weight excluding hydrogens is 442 g/mol. The zero-order chi connectivity index (χ0) is 22.0. The van der Waals surface area contributed by atoms with Gasteiger partial charge in [-0.15, -0.1) is 0 Å². The van der Waals surface area contributed by atoms with E-state index in [2.05, 4.69) is 5.10 Å². The van der Waals surface area contributed by atoms with Crippen molar-refractivity contribution in [3.63, 3.8) is 0 Å². The molecule has 0 unspecified atom stereocenters. The number of benzene rings is 3. The molecule has 10 heteroatoms. The molecule has 0 fully saturated rings. The van der Waals surface area contributed by atoms with Gasteiger partial charge in [-0.2, -0.15) is 18.2 Å². The number of nitro groups is 1. The number of rotatable bonds is 6. The largest absolute Gasteiger partial charge is 0.358 e. The lowest BCUT2D eigenvalue weighted by Gasteiger charge is -2.09. The van der Waals surface area contributed by atoms with Crippen LogP contribution in [0.4, 0.5) is 5.69 Å². The van der Waals surface area contributed by atoms with Crippen molar-refractivity contribution in [1.82, 2.24) is 9.78 Å². The summed E-state index contributed by atoms with van der Waals surface area (Å²) in [7, 11) is -4.27. The van der Waals surface area contributed by atoms with E-state index in [4.69, 9.17) is 15.8 Å². The van der Waals surface area contributed by atoms with E-state index in [1.165, 1.54) is 10.7 Å². The van der Waals surface area contributed by atoms with E-state index in [9.17, 15) is 18.5 Å². The van der Waals surface area contributed by atoms with Crippen LogP contribution in [0.3, 0.4) is 0 Å². The van der Waals surface area contributed by atoms with Crippen LogP contribution in [0, 0.1) is 10.1 Å². The summed E-state index contributed by atoms with van der Waals surface area (Å²) in [5.74, 6) is -0.0421. The van der Waals surface area contributed by atoms with Crippen molar-refractivity contribution in [3.8, 4) is 22.8 Å². The lowest BCUT2D eigenvalue weighted by Crippen LogP contribution is -2.12. The Balaban J connectivity index is 1.76. The zero-order valence-electron chi connectivity index (χ0n) is 15.8. The van der Waals surface area contributed by atoms with Gasteiger partial charge < -0.3 is 4.18 Å². The molecule has 3 aromatic carbocycles. The Labute approximate surface area is 182 Å². The third-order valence-electron chi connectivity index (χ3n) is 4.35. The van der Waals surface area contributed by atoms with E-state index >= 15 is 0 Å².